The van der Waals surface area contributed by atoms with E-state index in [9.17, 15) is 4.79 Å². The van der Waals surface area contributed by atoms with E-state index in [1.807, 2.05) is 6.92 Å². The number of nitrogens with zero attached hydrogens (tertiary/aromatic N) is 2. The molecular formula is C22H36ClN5O2. The Morgan fingerprint density at radius 2 is 1.93 bits per heavy atom. The van der Waals surface area contributed by atoms with Crippen LogP contribution in [-0.2, 0) is 4.79 Å². The van der Waals surface area contributed by atoms with E-state index in [0.29, 0.717) is 29.5 Å². The highest BCUT2D eigenvalue weighted by Gasteiger charge is 2.27. The van der Waals surface area contributed by atoms with E-state index < -0.39 is 0 Å². The molecule has 168 valence electrons. The first-order valence-electron chi connectivity index (χ1n) is 10.8. The third-order valence-corrected chi connectivity index (χ3v) is 5.58. The van der Waals surface area contributed by atoms with Crippen LogP contribution in [0.25, 0.3) is 5.70 Å². The Balaban J connectivity index is 1.99. The van der Waals surface area contributed by atoms with E-state index in [1.165, 1.54) is 0 Å². The summed E-state index contributed by atoms with van der Waals surface area (Å²) in [7, 11) is 0. The van der Waals surface area contributed by atoms with Crippen molar-refractivity contribution in [2.45, 2.75) is 78.8 Å². The number of halogens is 1. The second-order valence-corrected chi connectivity index (χ2v) is 9.52. The molecule has 0 bridgehead atoms. The maximum atomic E-state index is 13.0. The third-order valence-electron chi connectivity index (χ3n) is 5.27. The average molecular weight is 438 g/mol. The molecule has 0 saturated heterocycles. The molecular weight excluding hydrogens is 402 g/mol. The third kappa shape index (κ3) is 7.43. The largest absolute Gasteiger partial charge is 0.396 e. The molecule has 0 unspecified atom stereocenters. The van der Waals surface area contributed by atoms with Crippen LogP contribution in [0.1, 0.15) is 71.3 Å². The van der Waals surface area contributed by atoms with Crippen LogP contribution in [0, 0.1) is 12.3 Å². The normalized spacial score (nSPS) is 21.3. The number of aliphatic imine (C=N–C) groups is 1. The summed E-state index contributed by atoms with van der Waals surface area (Å²) in [6.45, 7) is 11.9. The van der Waals surface area contributed by atoms with Gasteiger partial charge in [-0.1, -0.05) is 37.5 Å². The first-order valence-corrected chi connectivity index (χ1v) is 11.2. The first kappa shape index (κ1) is 24.4. The highest BCUT2D eigenvalue weighted by atomic mass is 35.5. The van der Waals surface area contributed by atoms with Gasteiger partial charge in [-0.3, -0.25) is 9.79 Å². The lowest BCUT2D eigenvalue weighted by Crippen LogP contribution is -2.43. The van der Waals surface area contributed by atoms with Crippen molar-refractivity contribution in [3.05, 3.63) is 23.1 Å². The number of amides is 1. The molecule has 1 saturated carbocycles. The minimum absolute atomic E-state index is 0.0886. The molecule has 8 heteroatoms. The maximum absolute atomic E-state index is 13.0. The number of carbonyl (C=O) groups is 1. The summed E-state index contributed by atoms with van der Waals surface area (Å²) < 4.78 is 5.08. The summed E-state index contributed by atoms with van der Waals surface area (Å²) in [6.07, 6.45) is 5.04. The van der Waals surface area contributed by atoms with E-state index in [0.717, 1.165) is 38.6 Å². The van der Waals surface area contributed by atoms with Gasteiger partial charge in [0.25, 0.3) is 5.91 Å². The van der Waals surface area contributed by atoms with Crippen LogP contribution >= 0.6 is 11.6 Å². The van der Waals surface area contributed by atoms with Crippen molar-refractivity contribution >= 4 is 28.4 Å². The van der Waals surface area contributed by atoms with E-state index >= 15 is 0 Å². The van der Waals surface area contributed by atoms with Crippen LogP contribution in [0.15, 0.2) is 21.2 Å². The van der Waals surface area contributed by atoms with Crippen molar-refractivity contribution in [1.82, 2.24) is 15.8 Å². The summed E-state index contributed by atoms with van der Waals surface area (Å²) in [5.41, 5.74) is 7.26. The minimum Gasteiger partial charge on any atom is -0.396 e. The zero-order valence-corrected chi connectivity index (χ0v) is 19.6. The van der Waals surface area contributed by atoms with Gasteiger partial charge in [-0.15, -0.1) is 0 Å². The minimum atomic E-state index is -0.320. The van der Waals surface area contributed by atoms with Crippen molar-refractivity contribution in [2.75, 3.05) is 13.1 Å². The highest BCUT2D eigenvalue weighted by molar-refractivity contribution is 6.73. The molecule has 0 aliphatic heterocycles. The molecule has 1 aromatic rings. The van der Waals surface area contributed by atoms with Gasteiger partial charge in [-0.25, -0.2) is 0 Å². The second-order valence-electron chi connectivity index (χ2n) is 9.16. The van der Waals surface area contributed by atoms with Gasteiger partial charge in [-0.05, 0) is 57.9 Å². The molecule has 0 radical (unpaired) electrons. The zero-order valence-electron chi connectivity index (χ0n) is 18.8. The molecule has 1 aliphatic carbocycles. The fourth-order valence-corrected chi connectivity index (χ4v) is 3.82. The summed E-state index contributed by atoms with van der Waals surface area (Å²) in [5, 5.41) is 10.7. The summed E-state index contributed by atoms with van der Waals surface area (Å²) in [4.78, 5) is 17.2. The van der Waals surface area contributed by atoms with E-state index in [1.54, 1.807) is 13.0 Å². The SMILES string of the molecule is CCN=C(Cl)/C(C(=O)NC1CCC(NCCC(C)(C)C)CC1)=C(\N)c1cc(C)on1. The molecule has 4 N–H and O–H groups in total. The van der Waals surface area contributed by atoms with Gasteiger partial charge in [0.1, 0.15) is 22.2 Å². The van der Waals surface area contributed by atoms with E-state index in [2.05, 4.69) is 41.6 Å². The molecule has 1 aliphatic rings. The highest BCUT2D eigenvalue weighted by Crippen LogP contribution is 2.22. The number of nitrogens with two attached hydrogens (primary N) is 1. The molecule has 30 heavy (non-hydrogen) atoms. The average Bonchev–Trinajstić information content (AvgIpc) is 3.09. The van der Waals surface area contributed by atoms with Crippen molar-refractivity contribution in [3.8, 4) is 0 Å². The van der Waals surface area contributed by atoms with Gasteiger partial charge < -0.3 is 20.9 Å². The lowest BCUT2D eigenvalue weighted by Gasteiger charge is -2.31. The van der Waals surface area contributed by atoms with Crippen LogP contribution < -0.4 is 16.4 Å². The fourth-order valence-electron chi connectivity index (χ4n) is 3.52. The van der Waals surface area contributed by atoms with Gasteiger partial charge in [0, 0.05) is 24.7 Å². The van der Waals surface area contributed by atoms with Crippen molar-refractivity contribution in [1.29, 1.82) is 0 Å². The van der Waals surface area contributed by atoms with Crippen molar-refractivity contribution in [3.63, 3.8) is 0 Å². The molecule has 7 nitrogen and oxygen atoms in total. The van der Waals surface area contributed by atoms with Gasteiger partial charge in [0.15, 0.2) is 0 Å². The number of aryl methyl sites for hydroxylation is 1. The first-order chi connectivity index (χ1) is 14.1. The summed E-state index contributed by atoms with van der Waals surface area (Å²) in [5.74, 6) is 0.285. The predicted octanol–water partition coefficient (Wildman–Crippen LogP) is 3.76. The lowest BCUT2D eigenvalue weighted by molar-refractivity contribution is -0.117. The lowest BCUT2D eigenvalue weighted by atomic mass is 9.89. The Hall–Kier alpha value is -1.86. The topological polar surface area (TPSA) is 106 Å². The Kier molecular flexibility index (Phi) is 8.92. The second kappa shape index (κ2) is 11.0. The number of carbonyl (C=O) groups excluding carboxylic acids is 1. The summed E-state index contributed by atoms with van der Waals surface area (Å²) >= 11 is 6.31. The maximum Gasteiger partial charge on any atom is 0.256 e. The molecule has 0 spiro atoms. The Morgan fingerprint density at radius 1 is 1.30 bits per heavy atom. The van der Waals surface area contributed by atoms with Crippen molar-refractivity contribution in [2.24, 2.45) is 16.1 Å². The van der Waals surface area contributed by atoms with Gasteiger partial charge >= 0.3 is 0 Å². The van der Waals surface area contributed by atoms with Gasteiger partial charge in [0.05, 0.1) is 5.70 Å². The molecule has 1 amide bonds. The van der Waals surface area contributed by atoms with E-state index in [4.69, 9.17) is 21.9 Å². The number of aromatic nitrogens is 1. The quantitative estimate of drug-likeness (QED) is 0.424. The smallest absolute Gasteiger partial charge is 0.256 e. The Morgan fingerprint density at radius 3 is 2.47 bits per heavy atom. The molecule has 1 fully saturated rings. The molecule has 2 rings (SSSR count). The standard InChI is InChI=1S/C22H36ClN5O2/c1-6-25-20(23)18(19(24)17-13-14(2)30-28-17)21(29)27-16-9-7-15(8-10-16)26-12-11-22(3,4)5/h13,15-16,26H,6-12,24H2,1-5H3,(H,27,29)/b19-18+,25-20?. The van der Waals surface area contributed by atoms with E-state index in [-0.39, 0.29) is 28.4 Å². The molecule has 1 aromatic heterocycles. The van der Waals surface area contributed by atoms with Crippen molar-refractivity contribution < 1.29 is 9.32 Å². The Bertz CT molecular complexity index is 771. The monoisotopic (exact) mass is 437 g/mol. The zero-order chi connectivity index (χ0) is 22.3. The van der Waals surface area contributed by atoms with Gasteiger partial charge in [0.2, 0.25) is 0 Å². The number of hydrogen-bond acceptors (Lipinski definition) is 6. The van der Waals surface area contributed by atoms with Crippen LogP contribution in [-0.4, -0.2) is 41.4 Å². The number of rotatable bonds is 8. The van der Waals surface area contributed by atoms with Crippen LogP contribution in [0.2, 0.25) is 0 Å². The number of nitrogens with one attached hydrogen (secondary N) is 2. The van der Waals surface area contributed by atoms with Crippen LogP contribution in [0.5, 0.6) is 0 Å². The summed E-state index contributed by atoms with van der Waals surface area (Å²) in [6, 6.07) is 2.27. The fraction of sp³-hybridized carbons (Fsp3) is 0.682. The predicted molar refractivity (Wildman–Crippen MR) is 122 cm³/mol. The van der Waals surface area contributed by atoms with Crippen LogP contribution in [0.3, 0.4) is 0 Å². The van der Waals surface area contributed by atoms with Gasteiger partial charge in [-0.2, -0.15) is 0 Å². The number of hydrogen-bond donors (Lipinski definition) is 3. The van der Waals surface area contributed by atoms with Crippen LogP contribution in [0.4, 0.5) is 0 Å². The Labute approximate surface area is 184 Å². The molecule has 1 heterocycles. The molecule has 0 atom stereocenters. The molecule has 0 aromatic carbocycles.